The third-order valence-electron chi connectivity index (χ3n) is 3.41. The van der Waals surface area contributed by atoms with E-state index < -0.39 is 17.4 Å². The number of benzene rings is 1. The fourth-order valence-corrected chi connectivity index (χ4v) is 2.23. The second-order valence-electron chi connectivity index (χ2n) is 4.85. The fourth-order valence-electron chi connectivity index (χ4n) is 2.23. The van der Waals surface area contributed by atoms with Crippen LogP contribution in [0.25, 0.3) is 0 Å². The van der Waals surface area contributed by atoms with E-state index in [0.29, 0.717) is 18.4 Å². The van der Waals surface area contributed by atoms with E-state index in [1.54, 1.807) is 31.2 Å². The van der Waals surface area contributed by atoms with Gasteiger partial charge in [-0.3, -0.25) is 9.59 Å². The number of carboxylic acid groups (broad SMARTS) is 1. The van der Waals surface area contributed by atoms with Crippen LogP contribution in [0.15, 0.2) is 24.3 Å². The van der Waals surface area contributed by atoms with Crippen molar-refractivity contribution in [3.8, 4) is 12.3 Å². The van der Waals surface area contributed by atoms with E-state index >= 15 is 0 Å². The SMILES string of the molecule is C#CCCCC(C(=O)O)(C(=O)OCC)c1ccc(C)cc1. The predicted molar refractivity (Wildman–Crippen MR) is 79.8 cm³/mol. The lowest BCUT2D eigenvalue weighted by Gasteiger charge is -2.27. The van der Waals surface area contributed by atoms with Crippen LogP contribution in [0.2, 0.25) is 0 Å². The maximum Gasteiger partial charge on any atom is 0.328 e. The third kappa shape index (κ3) is 3.63. The van der Waals surface area contributed by atoms with Gasteiger partial charge in [0.15, 0.2) is 5.41 Å². The van der Waals surface area contributed by atoms with Crippen molar-refractivity contribution in [1.29, 1.82) is 0 Å². The molecule has 0 saturated carbocycles. The van der Waals surface area contributed by atoms with Crippen LogP contribution in [0, 0.1) is 19.3 Å². The topological polar surface area (TPSA) is 63.6 Å². The average Bonchev–Trinajstić information content (AvgIpc) is 2.45. The summed E-state index contributed by atoms with van der Waals surface area (Å²) in [7, 11) is 0. The van der Waals surface area contributed by atoms with Crippen molar-refractivity contribution in [3.05, 3.63) is 35.4 Å². The minimum atomic E-state index is -1.69. The summed E-state index contributed by atoms with van der Waals surface area (Å²) >= 11 is 0. The molecular formula is C17H20O4. The van der Waals surface area contributed by atoms with Gasteiger partial charge in [-0.25, -0.2) is 0 Å². The van der Waals surface area contributed by atoms with E-state index in [4.69, 9.17) is 11.2 Å². The Hall–Kier alpha value is -2.28. The first-order chi connectivity index (χ1) is 9.98. The molecule has 0 aromatic heterocycles. The van der Waals surface area contributed by atoms with Crippen molar-refractivity contribution in [2.45, 2.75) is 38.5 Å². The van der Waals surface area contributed by atoms with Crippen molar-refractivity contribution in [1.82, 2.24) is 0 Å². The number of aryl methyl sites for hydroxylation is 1. The second kappa shape index (κ2) is 7.49. The van der Waals surface area contributed by atoms with Crippen molar-refractivity contribution in [2.75, 3.05) is 6.61 Å². The molecule has 112 valence electrons. The molecule has 0 aliphatic heterocycles. The highest BCUT2D eigenvalue weighted by Crippen LogP contribution is 2.32. The monoisotopic (exact) mass is 288 g/mol. The summed E-state index contributed by atoms with van der Waals surface area (Å²) in [6.45, 7) is 3.69. The minimum absolute atomic E-state index is 0.119. The first-order valence-corrected chi connectivity index (χ1v) is 6.90. The molecule has 4 heteroatoms. The highest BCUT2D eigenvalue weighted by Gasteiger charge is 2.48. The van der Waals surface area contributed by atoms with Gasteiger partial charge in [0, 0.05) is 6.42 Å². The Labute approximate surface area is 125 Å². The molecule has 1 rings (SSSR count). The van der Waals surface area contributed by atoms with Gasteiger partial charge in [0.05, 0.1) is 6.61 Å². The van der Waals surface area contributed by atoms with E-state index in [-0.39, 0.29) is 13.0 Å². The number of carbonyl (C=O) groups excluding carboxylic acids is 1. The van der Waals surface area contributed by atoms with Gasteiger partial charge < -0.3 is 9.84 Å². The molecule has 1 unspecified atom stereocenters. The standard InChI is InChI=1S/C17H20O4/c1-4-6-7-12-17(15(18)19,16(20)21-5-2)14-10-8-13(3)9-11-14/h1,8-11H,5-7,12H2,2-3H3,(H,18,19). The zero-order valence-corrected chi connectivity index (χ0v) is 12.4. The molecule has 1 N–H and O–H groups in total. The number of aliphatic carboxylic acids is 1. The molecule has 0 fully saturated rings. The highest BCUT2D eigenvalue weighted by atomic mass is 16.5. The van der Waals surface area contributed by atoms with Crippen LogP contribution in [-0.2, 0) is 19.7 Å². The molecule has 1 aromatic carbocycles. The molecule has 0 heterocycles. The number of terminal acetylenes is 1. The van der Waals surface area contributed by atoms with E-state index in [1.165, 1.54) is 0 Å². The second-order valence-corrected chi connectivity index (χ2v) is 4.85. The number of rotatable bonds is 7. The Balaban J connectivity index is 3.29. The van der Waals surface area contributed by atoms with Gasteiger partial charge in [0.2, 0.25) is 0 Å². The van der Waals surface area contributed by atoms with Crippen LogP contribution in [0.4, 0.5) is 0 Å². The number of hydrogen-bond donors (Lipinski definition) is 1. The Morgan fingerprint density at radius 2 is 1.95 bits per heavy atom. The number of carbonyl (C=O) groups is 2. The van der Waals surface area contributed by atoms with Crippen LogP contribution in [0.5, 0.6) is 0 Å². The highest BCUT2D eigenvalue weighted by molar-refractivity contribution is 6.05. The predicted octanol–water partition coefficient (Wildman–Crippen LogP) is 2.68. The third-order valence-corrected chi connectivity index (χ3v) is 3.41. The van der Waals surface area contributed by atoms with Crippen LogP contribution in [0.1, 0.15) is 37.3 Å². The molecule has 4 nitrogen and oxygen atoms in total. The number of unbranched alkanes of at least 4 members (excludes halogenated alkanes) is 1. The molecule has 0 aliphatic rings. The molecule has 0 saturated heterocycles. The molecule has 0 bridgehead atoms. The smallest absolute Gasteiger partial charge is 0.328 e. The quantitative estimate of drug-likeness (QED) is 0.362. The van der Waals surface area contributed by atoms with E-state index in [1.807, 2.05) is 6.92 Å². The van der Waals surface area contributed by atoms with Crippen LogP contribution < -0.4 is 0 Å². The summed E-state index contributed by atoms with van der Waals surface area (Å²) in [4.78, 5) is 24.2. The molecule has 0 spiro atoms. The Morgan fingerprint density at radius 3 is 2.43 bits per heavy atom. The number of hydrogen-bond acceptors (Lipinski definition) is 3. The normalized spacial score (nSPS) is 13.0. The summed E-state index contributed by atoms with van der Waals surface area (Å²) in [6.07, 6.45) is 6.19. The van der Waals surface area contributed by atoms with E-state index in [9.17, 15) is 14.7 Å². The minimum Gasteiger partial charge on any atom is -0.480 e. The lowest BCUT2D eigenvalue weighted by molar-refractivity contribution is -0.162. The number of ether oxygens (including phenoxy) is 1. The Bertz CT molecular complexity index is 539. The number of carboxylic acids is 1. The lowest BCUT2D eigenvalue weighted by atomic mass is 9.76. The van der Waals surface area contributed by atoms with Gasteiger partial charge in [-0.1, -0.05) is 29.8 Å². The van der Waals surface area contributed by atoms with Crippen molar-refractivity contribution < 1.29 is 19.4 Å². The van der Waals surface area contributed by atoms with Gasteiger partial charge in [-0.05, 0) is 32.3 Å². The first kappa shape index (κ1) is 16.8. The van der Waals surface area contributed by atoms with Crippen molar-refractivity contribution in [2.24, 2.45) is 0 Å². The van der Waals surface area contributed by atoms with Crippen LogP contribution in [0.3, 0.4) is 0 Å². The summed E-state index contributed by atoms with van der Waals surface area (Å²) in [5.74, 6) is 0.521. The fraction of sp³-hybridized carbons (Fsp3) is 0.412. The van der Waals surface area contributed by atoms with Gasteiger partial charge in [-0.2, -0.15) is 0 Å². The zero-order valence-electron chi connectivity index (χ0n) is 12.4. The summed E-state index contributed by atoms with van der Waals surface area (Å²) < 4.78 is 5.01. The summed E-state index contributed by atoms with van der Waals surface area (Å²) in [6, 6.07) is 6.90. The van der Waals surface area contributed by atoms with Gasteiger partial charge >= 0.3 is 11.9 Å². The maximum atomic E-state index is 12.3. The largest absolute Gasteiger partial charge is 0.480 e. The molecular weight excluding hydrogens is 268 g/mol. The van der Waals surface area contributed by atoms with Crippen LogP contribution in [-0.4, -0.2) is 23.7 Å². The molecule has 0 radical (unpaired) electrons. The summed E-state index contributed by atoms with van der Waals surface area (Å²) in [5, 5.41) is 9.69. The van der Waals surface area contributed by atoms with E-state index in [0.717, 1.165) is 5.56 Å². The molecule has 1 aromatic rings. The lowest BCUT2D eigenvalue weighted by Crippen LogP contribution is -2.45. The van der Waals surface area contributed by atoms with Gasteiger partial charge in [0.1, 0.15) is 0 Å². The molecule has 21 heavy (non-hydrogen) atoms. The number of esters is 1. The maximum absolute atomic E-state index is 12.3. The van der Waals surface area contributed by atoms with Gasteiger partial charge in [0.25, 0.3) is 0 Å². The zero-order chi connectivity index (χ0) is 15.9. The van der Waals surface area contributed by atoms with E-state index in [2.05, 4.69) is 5.92 Å². The van der Waals surface area contributed by atoms with Crippen molar-refractivity contribution >= 4 is 11.9 Å². The van der Waals surface area contributed by atoms with Crippen molar-refractivity contribution in [3.63, 3.8) is 0 Å². The Morgan fingerprint density at radius 1 is 1.33 bits per heavy atom. The van der Waals surface area contributed by atoms with Crippen LogP contribution >= 0.6 is 0 Å². The first-order valence-electron chi connectivity index (χ1n) is 6.90. The molecule has 0 amide bonds. The Kier molecular flexibility index (Phi) is 5.98. The molecule has 1 atom stereocenters. The van der Waals surface area contributed by atoms with Gasteiger partial charge in [-0.15, -0.1) is 12.3 Å². The molecule has 0 aliphatic carbocycles. The average molecular weight is 288 g/mol. The summed E-state index contributed by atoms with van der Waals surface area (Å²) in [5.41, 5.74) is -0.276.